The van der Waals surface area contributed by atoms with Gasteiger partial charge in [0.2, 0.25) is 11.8 Å². The summed E-state index contributed by atoms with van der Waals surface area (Å²) in [7, 11) is 0. The average Bonchev–Trinajstić information content (AvgIpc) is 2.62. The minimum atomic E-state index is 0.0221. The van der Waals surface area contributed by atoms with Crippen molar-refractivity contribution in [2.45, 2.75) is 27.2 Å². The zero-order valence-corrected chi connectivity index (χ0v) is 15.7. The molecule has 1 saturated heterocycles. The molecule has 2 aromatic rings. The smallest absolute Gasteiger partial charge is 0.238 e. The van der Waals surface area contributed by atoms with E-state index in [1.165, 1.54) is 0 Å². The second-order valence-electron chi connectivity index (χ2n) is 7.75. The highest BCUT2D eigenvalue weighted by atomic mass is 16.5. The van der Waals surface area contributed by atoms with Crippen molar-refractivity contribution in [3.63, 3.8) is 0 Å². The van der Waals surface area contributed by atoms with Gasteiger partial charge in [-0.15, -0.1) is 10.2 Å². The summed E-state index contributed by atoms with van der Waals surface area (Å²) in [6, 6.07) is 13.3. The van der Waals surface area contributed by atoms with Gasteiger partial charge in [-0.05, 0) is 23.6 Å². The Morgan fingerprint density at radius 2 is 1.69 bits per heavy atom. The van der Waals surface area contributed by atoms with Crippen LogP contribution in [0.5, 0.6) is 11.6 Å². The van der Waals surface area contributed by atoms with E-state index in [0.717, 1.165) is 37.7 Å². The molecular weight excluding hydrogens is 328 g/mol. The molecule has 2 heterocycles. The van der Waals surface area contributed by atoms with Gasteiger partial charge in [-0.3, -0.25) is 4.79 Å². The maximum absolute atomic E-state index is 12.3. The van der Waals surface area contributed by atoms with Crippen molar-refractivity contribution in [3.8, 4) is 11.6 Å². The van der Waals surface area contributed by atoms with E-state index < -0.39 is 0 Å². The number of piperazine rings is 1. The predicted octanol–water partition coefficient (Wildman–Crippen LogP) is 3.35. The van der Waals surface area contributed by atoms with Gasteiger partial charge in [0.1, 0.15) is 5.75 Å². The van der Waals surface area contributed by atoms with E-state index >= 15 is 0 Å². The van der Waals surface area contributed by atoms with Crippen LogP contribution in [0.15, 0.2) is 42.5 Å². The van der Waals surface area contributed by atoms with Gasteiger partial charge in [0.25, 0.3) is 0 Å². The molecule has 1 aliphatic heterocycles. The number of benzene rings is 1. The summed E-state index contributed by atoms with van der Waals surface area (Å²) in [5.41, 5.74) is 0.0221. The molecule has 0 aliphatic carbocycles. The Bertz CT molecular complexity index is 718. The van der Waals surface area contributed by atoms with E-state index in [4.69, 9.17) is 4.74 Å². The fourth-order valence-electron chi connectivity index (χ4n) is 2.90. The van der Waals surface area contributed by atoms with Crippen LogP contribution in [-0.4, -0.2) is 47.2 Å². The highest BCUT2D eigenvalue weighted by Gasteiger charge is 2.25. The normalized spacial score (nSPS) is 15.0. The first-order valence-electron chi connectivity index (χ1n) is 9.00. The molecule has 1 amide bonds. The highest BCUT2D eigenvalue weighted by molar-refractivity contribution is 5.77. The third-order valence-electron chi connectivity index (χ3n) is 4.23. The number of hydrogen-bond acceptors (Lipinski definition) is 5. The molecule has 3 rings (SSSR count). The van der Waals surface area contributed by atoms with Crippen LogP contribution in [0.2, 0.25) is 0 Å². The molecule has 1 aromatic heterocycles. The standard InChI is InChI=1S/C20H26N4O2/c1-20(2,3)15-19(25)24-13-11-23(12-14-24)17-9-10-18(22-21-17)26-16-7-5-4-6-8-16/h4-10H,11-15H2,1-3H3. The second-order valence-corrected chi connectivity index (χ2v) is 7.75. The number of nitrogens with zero attached hydrogens (tertiary/aromatic N) is 4. The number of aromatic nitrogens is 2. The first kappa shape index (κ1) is 18.2. The predicted molar refractivity (Wildman–Crippen MR) is 101 cm³/mol. The van der Waals surface area contributed by atoms with Gasteiger partial charge in [-0.25, -0.2) is 0 Å². The SMILES string of the molecule is CC(C)(C)CC(=O)N1CCN(c2ccc(Oc3ccccc3)nn2)CC1. The lowest BCUT2D eigenvalue weighted by molar-refractivity contribution is -0.133. The van der Waals surface area contributed by atoms with Gasteiger partial charge < -0.3 is 14.5 Å². The number of carbonyl (C=O) groups excluding carboxylic acids is 1. The Morgan fingerprint density at radius 3 is 2.27 bits per heavy atom. The van der Waals surface area contributed by atoms with Crippen LogP contribution in [0, 0.1) is 5.41 Å². The molecule has 0 radical (unpaired) electrons. The third kappa shape index (κ3) is 4.94. The van der Waals surface area contributed by atoms with Gasteiger partial charge >= 0.3 is 0 Å². The molecule has 0 atom stereocenters. The Kier molecular flexibility index (Phi) is 5.40. The van der Waals surface area contributed by atoms with Gasteiger partial charge in [0.05, 0.1) is 0 Å². The van der Waals surface area contributed by atoms with Crippen molar-refractivity contribution >= 4 is 11.7 Å². The number of para-hydroxylation sites is 1. The Labute approximate surface area is 154 Å². The molecule has 0 saturated carbocycles. The Morgan fingerprint density at radius 1 is 1.00 bits per heavy atom. The molecule has 1 aromatic carbocycles. The van der Waals surface area contributed by atoms with Crippen LogP contribution in [0.4, 0.5) is 5.82 Å². The minimum absolute atomic E-state index is 0.0221. The summed E-state index contributed by atoms with van der Waals surface area (Å²) in [5, 5.41) is 8.43. The molecule has 0 spiro atoms. The second kappa shape index (κ2) is 7.72. The van der Waals surface area contributed by atoms with Gasteiger partial charge in [0, 0.05) is 38.7 Å². The van der Waals surface area contributed by atoms with Crippen LogP contribution < -0.4 is 9.64 Å². The van der Waals surface area contributed by atoms with Crippen molar-refractivity contribution in [1.29, 1.82) is 0 Å². The number of hydrogen-bond donors (Lipinski definition) is 0. The minimum Gasteiger partial charge on any atom is -0.438 e. The largest absolute Gasteiger partial charge is 0.438 e. The quantitative estimate of drug-likeness (QED) is 0.843. The molecule has 6 heteroatoms. The number of anilines is 1. The van der Waals surface area contributed by atoms with E-state index in [9.17, 15) is 4.79 Å². The highest BCUT2D eigenvalue weighted by Crippen LogP contribution is 2.22. The first-order chi connectivity index (χ1) is 12.4. The Balaban J connectivity index is 1.54. The van der Waals surface area contributed by atoms with Crippen LogP contribution in [-0.2, 0) is 4.79 Å². The van der Waals surface area contributed by atoms with E-state index in [-0.39, 0.29) is 11.3 Å². The summed E-state index contributed by atoms with van der Waals surface area (Å²) in [5.74, 6) is 2.25. The summed E-state index contributed by atoms with van der Waals surface area (Å²) >= 11 is 0. The lowest BCUT2D eigenvalue weighted by Gasteiger charge is -2.36. The summed E-state index contributed by atoms with van der Waals surface area (Å²) < 4.78 is 5.67. The van der Waals surface area contributed by atoms with E-state index in [2.05, 4.69) is 35.9 Å². The van der Waals surface area contributed by atoms with Crippen LogP contribution in [0.3, 0.4) is 0 Å². The lowest BCUT2D eigenvalue weighted by Crippen LogP contribution is -2.49. The fraction of sp³-hybridized carbons (Fsp3) is 0.450. The van der Waals surface area contributed by atoms with Gasteiger partial charge in [-0.2, -0.15) is 0 Å². The molecule has 6 nitrogen and oxygen atoms in total. The van der Waals surface area contributed by atoms with Crippen LogP contribution in [0.1, 0.15) is 27.2 Å². The van der Waals surface area contributed by atoms with Gasteiger partial charge in [-0.1, -0.05) is 39.0 Å². The molecule has 0 N–H and O–H groups in total. The van der Waals surface area contributed by atoms with Crippen LogP contribution in [0.25, 0.3) is 0 Å². The monoisotopic (exact) mass is 354 g/mol. The topological polar surface area (TPSA) is 58.6 Å². The first-order valence-corrected chi connectivity index (χ1v) is 9.00. The molecule has 0 bridgehead atoms. The Hall–Kier alpha value is -2.63. The fourth-order valence-corrected chi connectivity index (χ4v) is 2.90. The van der Waals surface area contributed by atoms with Crippen molar-refractivity contribution in [2.75, 3.05) is 31.1 Å². The zero-order chi connectivity index (χ0) is 18.6. The average molecular weight is 354 g/mol. The molecular formula is C20H26N4O2. The van der Waals surface area contributed by atoms with Crippen molar-refractivity contribution in [2.24, 2.45) is 5.41 Å². The number of rotatable bonds is 4. The molecule has 26 heavy (non-hydrogen) atoms. The molecule has 138 valence electrons. The number of amides is 1. The summed E-state index contributed by atoms with van der Waals surface area (Å²) in [6.07, 6.45) is 0.582. The van der Waals surface area contributed by atoms with Crippen molar-refractivity contribution in [1.82, 2.24) is 15.1 Å². The summed E-state index contributed by atoms with van der Waals surface area (Å²) in [6.45, 7) is 9.26. The molecule has 1 aliphatic rings. The zero-order valence-electron chi connectivity index (χ0n) is 15.7. The number of ether oxygens (including phenoxy) is 1. The van der Waals surface area contributed by atoms with E-state index in [1.54, 1.807) is 0 Å². The third-order valence-corrected chi connectivity index (χ3v) is 4.23. The lowest BCUT2D eigenvalue weighted by atomic mass is 9.91. The maximum Gasteiger partial charge on any atom is 0.238 e. The molecule has 0 unspecified atom stereocenters. The maximum atomic E-state index is 12.3. The van der Waals surface area contributed by atoms with Crippen LogP contribution >= 0.6 is 0 Å². The van der Waals surface area contributed by atoms with E-state index in [1.807, 2.05) is 47.4 Å². The van der Waals surface area contributed by atoms with Crippen molar-refractivity contribution in [3.05, 3.63) is 42.5 Å². The molecule has 1 fully saturated rings. The van der Waals surface area contributed by atoms with Gasteiger partial charge in [0.15, 0.2) is 5.82 Å². The number of carbonyl (C=O) groups is 1. The van der Waals surface area contributed by atoms with Crippen molar-refractivity contribution < 1.29 is 9.53 Å². The summed E-state index contributed by atoms with van der Waals surface area (Å²) in [4.78, 5) is 16.4. The van der Waals surface area contributed by atoms with E-state index in [0.29, 0.717) is 12.3 Å².